The lowest BCUT2D eigenvalue weighted by atomic mass is 10.0. The normalized spacial score (nSPS) is 13.8. The van der Waals surface area contributed by atoms with Crippen LogP contribution in [-0.2, 0) is 21.2 Å². The van der Waals surface area contributed by atoms with E-state index in [-0.39, 0.29) is 18.1 Å². The van der Waals surface area contributed by atoms with Gasteiger partial charge in [0.1, 0.15) is 5.75 Å². The van der Waals surface area contributed by atoms with Gasteiger partial charge in [0, 0.05) is 13.0 Å². The van der Waals surface area contributed by atoms with E-state index in [0.717, 1.165) is 24.1 Å². The number of benzene rings is 2. The Labute approximate surface area is 153 Å². The summed E-state index contributed by atoms with van der Waals surface area (Å²) >= 11 is 0. The number of sulfonamides is 1. The van der Waals surface area contributed by atoms with Gasteiger partial charge in [-0.05, 0) is 36.6 Å². The van der Waals surface area contributed by atoms with Crippen molar-refractivity contribution in [3.8, 4) is 5.75 Å². The fourth-order valence-corrected chi connectivity index (χ4v) is 4.63. The minimum absolute atomic E-state index is 0.112. The van der Waals surface area contributed by atoms with Gasteiger partial charge in [-0.15, -0.1) is 0 Å². The number of carbonyl (C=O) groups excluding carboxylic acids is 1. The SMILES string of the molecule is COc1ccccc1NC(=O)CCS(=O)(=O)N1CCCc2ccccc21. The van der Waals surface area contributed by atoms with Crippen molar-refractivity contribution >= 4 is 27.3 Å². The molecule has 7 heteroatoms. The highest BCUT2D eigenvalue weighted by atomic mass is 32.2. The average Bonchev–Trinajstić information content (AvgIpc) is 2.66. The van der Waals surface area contributed by atoms with Crippen LogP contribution >= 0.6 is 0 Å². The second-order valence-corrected chi connectivity index (χ2v) is 8.13. The number of nitrogens with one attached hydrogen (secondary N) is 1. The summed E-state index contributed by atoms with van der Waals surface area (Å²) < 4.78 is 32.1. The molecule has 0 aliphatic carbocycles. The van der Waals surface area contributed by atoms with Crippen molar-refractivity contribution in [1.29, 1.82) is 0 Å². The van der Waals surface area contributed by atoms with Crippen LogP contribution in [0.2, 0.25) is 0 Å². The predicted molar refractivity (Wildman–Crippen MR) is 102 cm³/mol. The Morgan fingerprint density at radius 1 is 1.15 bits per heavy atom. The Bertz CT molecular complexity index is 896. The number of methoxy groups -OCH3 is 1. The van der Waals surface area contributed by atoms with Gasteiger partial charge in [-0.25, -0.2) is 8.42 Å². The largest absolute Gasteiger partial charge is 0.495 e. The van der Waals surface area contributed by atoms with Gasteiger partial charge < -0.3 is 10.1 Å². The summed E-state index contributed by atoms with van der Waals surface area (Å²) in [4.78, 5) is 12.2. The molecule has 0 radical (unpaired) electrons. The zero-order valence-corrected chi connectivity index (χ0v) is 15.5. The number of hydrogen-bond donors (Lipinski definition) is 1. The molecule has 0 bridgehead atoms. The number of rotatable bonds is 6. The van der Waals surface area contributed by atoms with Crippen LogP contribution in [0.25, 0.3) is 0 Å². The quantitative estimate of drug-likeness (QED) is 0.844. The lowest BCUT2D eigenvalue weighted by Gasteiger charge is -2.30. The number of fused-ring (bicyclic) bond motifs is 1. The second kappa shape index (κ2) is 7.78. The van der Waals surface area contributed by atoms with E-state index in [1.54, 1.807) is 24.3 Å². The molecule has 0 fully saturated rings. The molecule has 26 heavy (non-hydrogen) atoms. The summed E-state index contributed by atoms with van der Waals surface area (Å²) in [6.45, 7) is 0.452. The lowest BCUT2D eigenvalue weighted by molar-refractivity contribution is -0.115. The van der Waals surface area contributed by atoms with Crippen molar-refractivity contribution in [2.24, 2.45) is 0 Å². The maximum Gasteiger partial charge on any atom is 0.235 e. The Morgan fingerprint density at radius 2 is 1.88 bits per heavy atom. The fourth-order valence-electron chi connectivity index (χ4n) is 3.08. The first-order valence-corrected chi connectivity index (χ1v) is 10.1. The molecule has 1 aliphatic rings. The Balaban J connectivity index is 1.66. The monoisotopic (exact) mass is 374 g/mol. The Morgan fingerprint density at radius 3 is 2.69 bits per heavy atom. The third-order valence-corrected chi connectivity index (χ3v) is 6.14. The van der Waals surface area contributed by atoms with Gasteiger partial charge in [0.2, 0.25) is 15.9 Å². The number of aryl methyl sites for hydroxylation is 1. The molecular formula is C19H22N2O4S. The third kappa shape index (κ3) is 3.99. The van der Waals surface area contributed by atoms with E-state index < -0.39 is 10.0 Å². The molecule has 0 unspecified atom stereocenters. The summed E-state index contributed by atoms with van der Waals surface area (Å²) in [6.07, 6.45) is 1.54. The lowest BCUT2D eigenvalue weighted by Crippen LogP contribution is -2.37. The fraction of sp³-hybridized carbons (Fsp3) is 0.316. The zero-order chi connectivity index (χ0) is 18.6. The Hall–Kier alpha value is -2.54. The molecule has 2 aromatic rings. The third-order valence-electron chi connectivity index (χ3n) is 4.37. The predicted octanol–water partition coefficient (Wildman–Crippen LogP) is 2.81. The molecule has 6 nitrogen and oxygen atoms in total. The summed E-state index contributed by atoms with van der Waals surface area (Å²) in [6, 6.07) is 14.5. The molecule has 0 aromatic heterocycles. The highest BCUT2D eigenvalue weighted by Gasteiger charge is 2.27. The molecule has 1 aliphatic heterocycles. The maximum atomic E-state index is 12.7. The van der Waals surface area contributed by atoms with Crippen molar-refractivity contribution in [2.45, 2.75) is 19.3 Å². The molecule has 1 amide bonds. The van der Waals surface area contributed by atoms with E-state index in [0.29, 0.717) is 18.0 Å². The standard InChI is InChI=1S/C19H22N2O4S/c1-25-18-11-5-3-9-16(18)20-19(22)12-14-26(23,24)21-13-6-8-15-7-2-4-10-17(15)21/h2-5,7,9-11H,6,8,12-14H2,1H3,(H,20,22). The molecule has 3 rings (SSSR count). The van der Waals surface area contributed by atoms with Crippen LogP contribution in [0.3, 0.4) is 0 Å². The van der Waals surface area contributed by atoms with Crippen molar-refractivity contribution in [1.82, 2.24) is 0 Å². The van der Waals surface area contributed by atoms with Crippen LogP contribution in [0.5, 0.6) is 5.75 Å². The van der Waals surface area contributed by atoms with E-state index in [4.69, 9.17) is 4.74 Å². The summed E-state index contributed by atoms with van der Waals surface area (Å²) in [7, 11) is -2.04. The maximum absolute atomic E-state index is 12.7. The van der Waals surface area contributed by atoms with Crippen LogP contribution < -0.4 is 14.4 Å². The molecule has 1 N–H and O–H groups in total. The van der Waals surface area contributed by atoms with E-state index >= 15 is 0 Å². The van der Waals surface area contributed by atoms with Gasteiger partial charge >= 0.3 is 0 Å². The highest BCUT2D eigenvalue weighted by Crippen LogP contribution is 2.29. The summed E-state index contributed by atoms with van der Waals surface area (Å²) in [5, 5.41) is 2.71. The zero-order valence-electron chi connectivity index (χ0n) is 14.6. The number of carbonyl (C=O) groups is 1. The van der Waals surface area contributed by atoms with Crippen LogP contribution in [0.15, 0.2) is 48.5 Å². The minimum atomic E-state index is -3.56. The first-order valence-electron chi connectivity index (χ1n) is 8.52. The van der Waals surface area contributed by atoms with E-state index in [9.17, 15) is 13.2 Å². The van der Waals surface area contributed by atoms with Crippen LogP contribution in [0, 0.1) is 0 Å². The van der Waals surface area contributed by atoms with Crippen molar-refractivity contribution in [3.05, 3.63) is 54.1 Å². The average molecular weight is 374 g/mol. The summed E-state index contributed by atoms with van der Waals surface area (Å²) in [5.74, 6) is -0.0560. The number of hydrogen-bond acceptors (Lipinski definition) is 4. The van der Waals surface area contributed by atoms with Gasteiger partial charge in [-0.2, -0.15) is 0 Å². The van der Waals surface area contributed by atoms with Crippen molar-refractivity contribution in [2.75, 3.05) is 29.0 Å². The van der Waals surface area contributed by atoms with E-state index in [2.05, 4.69) is 5.32 Å². The molecule has 1 heterocycles. The van der Waals surface area contributed by atoms with Crippen LogP contribution in [-0.4, -0.2) is 33.7 Å². The van der Waals surface area contributed by atoms with Gasteiger partial charge in [-0.1, -0.05) is 30.3 Å². The van der Waals surface area contributed by atoms with Crippen LogP contribution in [0.4, 0.5) is 11.4 Å². The first kappa shape index (κ1) is 18.3. The van der Waals surface area contributed by atoms with Crippen molar-refractivity contribution < 1.29 is 17.9 Å². The molecule has 0 atom stereocenters. The summed E-state index contributed by atoms with van der Waals surface area (Å²) in [5.41, 5.74) is 2.28. The topological polar surface area (TPSA) is 75.7 Å². The van der Waals surface area contributed by atoms with Gasteiger partial charge in [-0.3, -0.25) is 9.10 Å². The highest BCUT2D eigenvalue weighted by molar-refractivity contribution is 7.92. The number of amides is 1. The minimum Gasteiger partial charge on any atom is -0.495 e. The smallest absolute Gasteiger partial charge is 0.235 e. The number of para-hydroxylation sites is 3. The molecule has 2 aromatic carbocycles. The number of nitrogens with zero attached hydrogens (tertiary/aromatic N) is 1. The molecule has 0 saturated carbocycles. The number of anilines is 2. The second-order valence-electron chi connectivity index (χ2n) is 6.12. The molecule has 0 spiro atoms. The van der Waals surface area contributed by atoms with Gasteiger partial charge in [0.25, 0.3) is 0 Å². The Kier molecular flexibility index (Phi) is 5.46. The molecular weight excluding hydrogens is 352 g/mol. The van der Waals surface area contributed by atoms with Crippen molar-refractivity contribution in [3.63, 3.8) is 0 Å². The number of ether oxygens (including phenoxy) is 1. The van der Waals surface area contributed by atoms with E-state index in [1.165, 1.54) is 11.4 Å². The molecule has 0 saturated heterocycles. The van der Waals surface area contributed by atoms with Gasteiger partial charge in [0.05, 0.1) is 24.2 Å². The molecule has 138 valence electrons. The first-order chi connectivity index (χ1) is 12.5. The van der Waals surface area contributed by atoms with Gasteiger partial charge in [0.15, 0.2) is 0 Å². The van der Waals surface area contributed by atoms with E-state index in [1.807, 2.05) is 24.3 Å². The van der Waals surface area contributed by atoms with Crippen LogP contribution in [0.1, 0.15) is 18.4 Å².